The van der Waals surface area contributed by atoms with E-state index in [2.05, 4.69) is 21.8 Å². The zero-order chi connectivity index (χ0) is 20.8. The molecule has 1 heterocycles. The lowest BCUT2D eigenvalue weighted by molar-refractivity contribution is -0.0303. The van der Waals surface area contributed by atoms with Crippen LogP contribution >= 0.6 is 0 Å². The van der Waals surface area contributed by atoms with Gasteiger partial charge in [0.2, 0.25) is 10.0 Å². The van der Waals surface area contributed by atoms with Crippen molar-refractivity contribution >= 4 is 10.0 Å². The number of nitrogens with zero attached hydrogens (tertiary/aromatic N) is 1. The van der Waals surface area contributed by atoms with Crippen LogP contribution in [0.2, 0.25) is 0 Å². The smallest absolute Gasteiger partial charge is 0.240 e. The van der Waals surface area contributed by atoms with Crippen LogP contribution in [0.1, 0.15) is 48.5 Å². The SMILES string of the molecule is O=S(=O)(NCCCCN1CCOC(c2ccccc2)C1)c1ccc2c(c1)CCCC2. The van der Waals surface area contributed by atoms with Crippen molar-refractivity contribution in [3.63, 3.8) is 0 Å². The number of sulfonamides is 1. The molecule has 1 fully saturated rings. The monoisotopic (exact) mass is 428 g/mol. The normalized spacial score (nSPS) is 20.1. The number of aryl methyl sites for hydroxylation is 2. The number of hydrogen-bond donors (Lipinski definition) is 1. The molecule has 6 heteroatoms. The lowest BCUT2D eigenvalue weighted by Crippen LogP contribution is -2.39. The van der Waals surface area contributed by atoms with Crippen LogP contribution in [0.25, 0.3) is 0 Å². The van der Waals surface area contributed by atoms with Gasteiger partial charge in [0.25, 0.3) is 0 Å². The molecule has 0 bridgehead atoms. The van der Waals surface area contributed by atoms with E-state index in [1.165, 1.54) is 23.1 Å². The Balaban J connectivity index is 1.21. The van der Waals surface area contributed by atoms with Crippen molar-refractivity contribution in [2.45, 2.75) is 49.5 Å². The second-order valence-corrected chi connectivity index (χ2v) is 10.1. The summed E-state index contributed by atoms with van der Waals surface area (Å²) in [5.74, 6) is 0. The van der Waals surface area contributed by atoms with Gasteiger partial charge in [-0.25, -0.2) is 13.1 Å². The molecular formula is C24H32N2O3S. The van der Waals surface area contributed by atoms with E-state index in [0.717, 1.165) is 58.3 Å². The summed E-state index contributed by atoms with van der Waals surface area (Å²) in [6.45, 7) is 4.01. The summed E-state index contributed by atoms with van der Waals surface area (Å²) in [7, 11) is -3.43. The van der Waals surface area contributed by atoms with Gasteiger partial charge in [-0.15, -0.1) is 0 Å². The van der Waals surface area contributed by atoms with Crippen molar-refractivity contribution in [3.8, 4) is 0 Å². The Kier molecular flexibility index (Phi) is 7.20. The van der Waals surface area contributed by atoms with E-state index in [9.17, 15) is 8.42 Å². The van der Waals surface area contributed by atoms with Crippen LogP contribution in [0.3, 0.4) is 0 Å². The van der Waals surface area contributed by atoms with E-state index < -0.39 is 10.0 Å². The zero-order valence-electron chi connectivity index (χ0n) is 17.6. The average molecular weight is 429 g/mol. The van der Waals surface area contributed by atoms with Crippen LogP contribution in [0.15, 0.2) is 53.4 Å². The molecule has 2 aromatic rings. The first-order valence-corrected chi connectivity index (χ1v) is 12.6. The molecule has 0 aromatic heterocycles. The lowest BCUT2D eigenvalue weighted by Gasteiger charge is -2.33. The first-order valence-electron chi connectivity index (χ1n) is 11.1. The molecule has 1 N–H and O–H groups in total. The molecule has 30 heavy (non-hydrogen) atoms. The van der Waals surface area contributed by atoms with Crippen LogP contribution in [0.4, 0.5) is 0 Å². The minimum atomic E-state index is -3.43. The van der Waals surface area contributed by atoms with Gasteiger partial charge in [-0.1, -0.05) is 36.4 Å². The van der Waals surface area contributed by atoms with Gasteiger partial charge in [-0.3, -0.25) is 4.90 Å². The zero-order valence-corrected chi connectivity index (χ0v) is 18.4. The number of fused-ring (bicyclic) bond motifs is 1. The van der Waals surface area contributed by atoms with Gasteiger partial charge in [-0.2, -0.15) is 0 Å². The third-order valence-electron chi connectivity index (χ3n) is 6.15. The fourth-order valence-electron chi connectivity index (χ4n) is 4.40. The van der Waals surface area contributed by atoms with Gasteiger partial charge in [0, 0.05) is 19.6 Å². The largest absolute Gasteiger partial charge is 0.371 e. The van der Waals surface area contributed by atoms with Crippen molar-refractivity contribution in [1.29, 1.82) is 0 Å². The highest BCUT2D eigenvalue weighted by Crippen LogP contribution is 2.24. The van der Waals surface area contributed by atoms with Crippen LogP contribution in [0, 0.1) is 0 Å². The molecule has 1 unspecified atom stereocenters. The summed E-state index contributed by atoms with van der Waals surface area (Å²) in [6, 6.07) is 16.0. The topological polar surface area (TPSA) is 58.6 Å². The predicted octanol–water partition coefficient (Wildman–Crippen LogP) is 3.70. The number of morpholine rings is 1. The van der Waals surface area contributed by atoms with E-state index in [4.69, 9.17) is 4.74 Å². The van der Waals surface area contributed by atoms with Gasteiger partial charge in [0.1, 0.15) is 0 Å². The maximum Gasteiger partial charge on any atom is 0.240 e. The molecule has 1 aliphatic carbocycles. The minimum absolute atomic E-state index is 0.127. The number of benzene rings is 2. The van der Waals surface area contributed by atoms with Crippen LogP contribution < -0.4 is 4.72 Å². The third kappa shape index (κ3) is 5.49. The molecule has 5 nitrogen and oxygen atoms in total. The molecule has 0 radical (unpaired) electrons. The van der Waals surface area contributed by atoms with Crippen molar-refractivity contribution < 1.29 is 13.2 Å². The van der Waals surface area contributed by atoms with Crippen molar-refractivity contribution in [2.24, 2.45) is 0 Å². The summed E-state index contributed by atoms with van der Waals surface area (Å²) in [4.78, 5) is 2.82. The number of unbranched alkanes of at least 4 members (excludes halogenated alkanes) is 1. The van der Waals surface area contributed by atoms with E-state index in [1.807, 2.05) is 30.3 Å². The molecule has 1 saturated heterocycles. The van der Waals surface area contributed by atoms with Crippen LogP contribution in [-0.2, 0) is 27.6 Å². The van der Waals surface area contributed by atoms with E-state index in [-0.39, 0.29) is 6.10 Å². The number of ether oxygens (including phenoxy) is 1. The average Bonchev–Trinajstić information content (AvgIpc) is 2.79. The molecule has 0 amide bonds. The molecule has 0 spiro atoms. The van der Waals surface area contributed by atoms with Crippen molar-refractivity contribution in [3.05, 3.63) is 65.2 Å². The Morgan fingerprint density at radius 1 is 1.00 bits per heavy atom. The number of rotatable bonds is 8. The fourth-order valence-corrected chi connectivity index (χ4v) is 5.53. The Morgan fingerprint density at radius 3 is 2.63 bits per heavy atom. The Labute approximate surface area is 180 Å². The molecule has 0 saturated carbocycles. The highest BCUT2D eigenvalue weighted by atomic mass is 32.2. The molecule has 162 valence electrons. The summed E-state index contributed by atoms with van der Waals surface area (Å²) in [5, 5.41) is 0. The molecule has 1 aliphatic heterocycles. The van der Waals surface area contributed by atoms with Crippen molar-refractivity contribution in [1.82, 2.24) is 9.62 Å². The highest BCUT2D eigenvalue weighted by molar-refractivity contribution is 7.89. The van der Waals surface area contributed by atoms with Gasteiger partial charge in [0.05, 0.1) is 17.6 Å². The Morgan fingerprint density at radius 2 is 1.80 bits per heavy atom. The maximum atomic E-state index is 12.6. The Bertz CT molecular complexity index is 931. The first kappa shape index (κ1) is 21.5. The van der Waals surface area contributed by atoms with Crippen LogP contribution in [-0.4, -0.2) is 46.1 Å². The fraction of sp³-hybridized carbons (Fsp3) is 0.500. The predicted molar refractivity (Wildman–Crippen MR) is 119 cm³/mol. The van der Waals surface area contributed by atoms with Gasteiger partial charge in [-0.05, 0) is 73.9 Å². The maximum absolute atomic E-state index is 12.6. The van der Waals surface area contributed by atoms with Gasteiger partial charge in [0.15, 0.2) is 0 Å². The van der Waals surface area contributed by atoms with Crippen LogP contribution in [0.5, 0.6) is 0 Å². The summed E-state index contributed by atoms with van der Waals surface area (Å²) < 4.78 is 34.0. The highest BCUT2D eigenvalue weighted by Gasteiger charge is 2.21. The van der Waals surface area contributed by atoms with Crippen molar-refractivity contribution in [2.75, 3.05) is 32.8 Å². The van der Waals surface area contributed by atoms with E-state index >= 15 is 0 Å². The molecule has 4 rings (SSSR count). The number of hydrogen-bond acceptors (Lipinski definition) is 4. The minimum Gasteiger partial charge on any atom is -0.371 e. The van der Waals surface area contributed by atoms with E-state index in [1.54, 1.807) is 6.07 Å². The van der Waals surface area contributed by atoms with Gasteiger partial charge < -0.3 is 4.74 Å². The summed E-state index contributed by atoms with van der Waals surface area (Å²) in [5.41, 5.74) is 3.73. The second-order valence-electron chi connectivity index (χ2n) is 8.31. The first-order chi connectivity index (χ1) is 14.6. The quantitative estimate of drug-likeness (QED) is 0.652. The Hall–Kier alpha value is -1.73. The molecule has 2 aliphatic rings. The summed E-state index contributed by atoms with van der Waals surface area (Å²) in [6.07, 6.45) is 6.33. The van der Waals surface area contributed by atoms with Gasteiger partial charge >= 0.3 is 0 Å². The lowest BCUT2D eigenvalue weighted by atomic mass is 9.92. The molecular weight excluding hydrogens is 396 g/mol. The third-order valence-corrected chi connectivity index (χ3v) is 7.60. The molecule has 1 atom stereocenters. The summed E-state index contributed by atoms with van der Waals surface area (Å²) >= 11 is 0. The second kappa shape index (κ2) is 10.1. The molecule has 2 aromatic carbocycles. The standard InChI is InChI=1S/C24H32N2O3S/c27-30(28,23-13-12-20-8-4-5-11-22(20)18-23)25-14-6-7-15-26-16-17-29-24(19-26)21-9-2-1-3-10-21/h1-3,9-10,12-13,18,24-25H,4-8,11,14-17,19H2. The number of nitrogens with one attached hydrogen (secondary N) is 1. The van der Waals surface area contributed by atoms with E-state index in [0.29, 0.717) is 11.4 Å².